The summed E-state index contributed by atoms with van der Waals surface area (Å²) in [6.45, 7) is 1.58. The standard InChI is InChI=1S/C11H15Cl2NO/c1-14(2)7-8-15-10-5-3-9(4-6-10)11(12)13/h3-6,11H,7-8H2,1-2H3. The zero-order valence-corrected chi connectivity index (χ0v) is 10.4. The van der Waals surface area contributed by atoms with Gasteiger partial charge in [-0.1, -0.05) is 12.1 Å². The maximum absolute atomic E-state index is 5.72. The zero-order valence-electron chi connectivity index (χ0n) is 8.91. The lowest BCUT2D eigenvalue weighted by atomic mass is 10.2. The number of benzene rings is 1. The molecular weight excluding hydrogens is 233 g/mol. The molecule has 0 aliphatic heterocycles. The van der Waals surface area contributed by atoms with Crippen LogP contribution < -0.4 is 4.74 Å². The van der Waals surface area contributed by atoms with Crippen molar-refractivity contribution in [2.75, 3.05) is 27.2 Å². The Morgan fingerprint density at radius 1 is 1.20 bits per heavy atom. The van der Waals surface area contributed by atoms with E-state index in [2.05, 4.69) is 4.90 Å². The molecular formula is C11H15Cl2NO. The number of likely N-dealkylation sites (N-methyl/N-ethyl adjacent to an activating group) is 1. The summed E-state index contributed by atoms with van der Waals surface area (Å²) >= 11 is 11.4. The molecule has 0 aliphatic rings. The van der Waals surface area contributed by atoms with Gasteiger partial charge in [0.1, 0.15) is 17.2 Å². The number of hydrogen-bond acceptors (Lipinski definition) is 2. The summed E-state index contributed by atoms with van der Waals surface area (Å²) < 4.78 is 5.52. The second-order valence-corrected chi connectivity index (χ2v) is 4.62. The minimum atomic E-state index is -0.471. The van der Waals surface area contributed by atoms with Crippen LogP contribution in [0.4, 0.5) is 0 Å². The average molecular weight is 248 g/mol. The molecule has 0 aromatic heterocycles. The summed E-state index contributed by atoms with van der Waals surface area (Å²) in [5, 5.41) is 0. The fourth-order valence-electron chi connectivity index (χ4n) is 1.06. The van der Waals surface area contributed by atoms with Crippen LogP contribution in [0.2, 0.25) is 0 Å². The van der Waals surface area contributed by atoms with Gasteiger partial charge in [-0.15, -0.1) is 23.2 Å². The van der Waals surface area contributed by atoms with Crippen molar-refractivity contribution in [3.8, 4) is 5.75 Å². The highest BCUT2D eigenvalue weighted by molar-refractivity contribution is 6.44. The summed E-state index contributed by atoms with van der Waals surface area (Å²) in [4.78, 5) is 1.60. The molecule has 0 radical (unpaired) electrons. The Hall–Kier alpha value is -0.440. The molecule has 1 aromatic rings. The predicted molar refractivity (Wildman–Crippen MR) is 64.9 cm³/mol. The molecule has 84 valence electrons. The number of ether oxygens (including phenoxy) is 1. The smallest absolute Gasteiger partial charge is 0.132 e. The van der Waals surface area contributed by atoms with Crippen LogP contribution in [-0.2, 0) is 0 Å². The van der Waals surface area contributed by atoms with Crippen molar-refractivity contribution in [2.24, 2.45) is 0 Å². The van der Waals surface area contributed by atoms with Crippen LogP contribution in [0, 0.1) is 0 Å². The van der Waals surface area contributed by atoms with E-state index in [1.807, 2.05) is 38.4 Å². The van der Waals surface area contributed by atoms with Crippen molar-refractivity contribution in [2.45, 2.75) is 4.84 Å². The van der Waals surface area contributed by atoms with Crippen molar-refractivity contribution in [1.82, 2.24) is 4.90 Å². The van der Waals surface area contributed by atoms with Gasteiger partial charge in [-0.25, -0.2) is 0 Å². The fraction of sp³-hybridized carbons (Fsp3) is 0.455. The molecule has 0 atom stereocenters. The molecule has 0 fully saturated rings. The third-order valence-corrected chi connectivity index (χ3v) is 2.44. The fourth-order valence-corrected chi connectivity index (χ4v) is 1.35. The molecule has 0 N–H and O–H groups in total. The Labute approximate surface area is 101 Å². The minimum absolute atomic E-state index is 0.471. The van der Waals surface area contributed by atoms with Gasteiger partial charge in [0.05, 0.1) is 0 Å². The van der Waals surface area contributed by atoms with Gasteiger partial charge in [0.25, 0.3) is 0 Å². The number of alkyl halides is 2. The van der Waals surface area contributed by atoms with Crippen LogP contribution in [0.3, 0.4) is 0 Å². The third-order valence-electron chi connectivity index (χ3n) is 1.94. The number of hydrogen-bond donors (Lipinski definition) is 0. The highest BCUT2D eigenvalue weighted by atomic mass is 35.5. The SMILES string of the molecule is CN(C)CCOc1ccc(C(Cl)Cl)cc1. The first-order valence-corrected chi connectivity index (χ1v) is 5.62. The minimum Gasteiger partial charge on any atom is -0.492 e. The van der Waals surface area contributed by atoms with Crippen LogP contribution >= 0.6 is 23.2 Å². The van der Waals surface area contributed by atoms with Crippen molar-refractivity contribution < 1.29 is 4.74 Å². The third kappa shape index (κ3) is 4.74. The Bertz CT molecular complexity index is 285. The number of halogens is 2. The van der Waals surface area contributed by atoms with Crippen molar-refractivity contribution in [1.29, 1.82) is 0 Å². The van der Waals surface area contributed by atoms with Crippen molar-refractivity contribution >= 4 is 23.2 Å². The van der Waals surface area contributed by atoms with Gasteiger partial charge in [-0.05, 0) is 31.8 Å². The van der Waals surface area contributed by atoms with E-state index in [9.17, 15) is 0 Å². The number of rotatable bonds is 5. The van der Waals surface area contributed by atoms with E-state index < -0.39 is 4.84 Å². The molecule has 0 bridgehead atoms. The summed E-state index contributed by atoms with van der Waals surface area (Å²) in [7, 11) is 4.02. The highest BCUT2D eigenvalue weighted by Gasteiger charge is 2.02. The van der Waals surface area contributed by atoms with E-state index >= 15 is 0 Å². The molecule has 0 unspecified atom stereocenters. The molecule has 1 aromatic carbocycles. The molecule has 0 saturated carbocycles. The van der Waals surface area contributed by atoms with Crippen LogP contribution in [-0.4, -0.2) is 32.1 Å². The van der Waals surface area contributed by atoms with E-state index in [-0.39, 0.29) is 0 Å². The largest absolute Gasteiger partial charge is 0.492 e. The molecule has 0 spiro atoms. The van der Waals surface area contributed by atoms with E-state index in [1.165, 1.54) is 0 Å². The summed E-state index contributed by atoms with van der Waals surface area (Å²) in [6.07, 6.45) is 0. The van der Waals surface area contributed by atoms with Gasteiger partial charge in [0.2, 0.25) is 0 Å². The van der Waals surface area contributed by atoms with Crippen molar-refractivity contribution in [3.63, 3.8) is 0 Å². The van der Waals surface area contributed by atoms with E-state index in [4.69, 9.17) is 27.9 Å². The van der Waals surface area contributed by atoms with Crippen LogP contribution in [0.1, 0.15) is 10.4 Å². The van der Waals surface area contributed by atoms with Gasteiger partial charge >= 0.3 is 0 Å². The first kappa shape index (κ1) is 12.6. The Balaban J connectivity index is 2.43. The predicted octanol–water partition coefficient (Wildman–Crippen LogP) is 3.10. The summed E-state index contributed by atoms with van der Waals surface area (Å²) in [6, 6.07) is 7.50. The molecule has 0 saturated heterocycles. The van der Waals surface area contributed by atoms with E-state index in [0.29, 0.717) is 6.61 Å². The highest BCUT2D eigenvalue weighted by Crippen LogP contribution is 2.25. The monoisotopic (exact) mass is 247 g/mol. The molecule has 0 heterocycles. The maximum atomic E-state index is 5.72. The average Bonchev–Trinajstić information content (AvgIpc) is 2.18. The van der Waals surface area contributed by atoms with Gasteiger partial charge in [-0.2, -0.15) is 0 Å². The van der Waals surface area contributed by atoms with Crippen LogP contribution in [0.25, 0.3) is 0 Å². The van der Waals surface area contributed by atoms with Crippen LogP contribution in [0.5, 0.6) is 5.75 Å². The maximum Gasteiger partial charge on any atom is 0.132 e. The molecule has 2 nitrogen and oxygen atoms in total. The Morgan fingerprint density at radius 3 is 2.27 bits per heavy atom. The zero-order chi connectivity index (χ0) is 11.3. The molecule has 4 heteroatoms. The second-order valence-electron chi connectivity index (χ2n) is 3.52. The second kappa shape index (κ2) is 6.21. The molecule has 15 heavy (non-hydrogen) atoms. The quantitative estimate of drug-likeness (QED) is 0.742. The van der Waals surface area contributed by atoms with Crippen LogP contribution in [0.15, 0.2) is 24.3 Å². The van der Waals surface area contributed by atoms with Crippen molar-refractivity contribution in [3.05, 3.63) is 29.8 Å². The lowest BCUT2D eigenvalue weighted by Gasteiger charge is -2.11. The van der Waals surface area contributed by atoms with Gasteiger partial charge in [0, 0.05) is 6.54 Å². The lowest BCUT2D eigenvalue weighted by Crippen LogP contribution is -2.19. The lowest BCUT2D eigenvalue weighted by molar-refractivity contribution is 0.261. The topological polar surface area (TPSA) is 12.5 Å². The summed E-state index contributed by atoms with van der Waals surface area (Å²) in [5.74, 6) is 0.842. The van der Waals surface area contributed by atoms with Gasteiger partial charge < -0.3 is 9.64 Å². The van der Waals surface area contributed by atoms with E-state index in [1.54, 1.807) is 0 Å². The molecule has 0 aliphatic carbocycles. The molecule has 1 rings (SSSR count). The Morgan fingerprint density at radius 2 is 1.80 bits per heavy atom. The molecule has 0 amide bonds. The number of nitrogens with zero attached hydrogens (tertiary/aromatic N) is 1. The first-order valence-electron chi connectivity index (χ1n) is 4.75. The summed E-state index contributed by atoms with van der Waals surface area (Å²) in [5.41, 5.74) is 0.887. The normalized spacial score (nSPS) is 11.1. The van der Waals surface area contributed by atoms with E-state index in [0.717, 1.165) is 17.9 Å². The first-order chi connectivity index (χ1) is 7.09. The Kier molecular flexibility index (Phi) is 5.23. The van der Waals surface area contributed by atoms with Gasteiger partial charge in [0.15, 0.2) is 0 Å². The van der Waals surface area contributed by atoms with Gasteiger partial charge in [-0.3, -0.25) is 0 Å².